The number of hydrogen-bond donors (Lipinski definition) is 2. The van der Waals surface area contributed by atoms with Crippen LogP contribution in [0.4, 0.5) is 4.79 Å². The van der Waals surface area contributed by atoms with Gasteiger partial charge in [0.25, 0.3) is 0 Å². The number of likely N-dealkylation sites (tertiary alicyclic amines) is 2. The number of piperidine rings is 1. The molecule has 2 fully saturated rings. The van der Waals surface area contributed by atoms with E-state index in [1.807, 2.05) is 40.1 Å². The van der Waals surface area contributed by atoms with Crippen molar-refractivity contribution < 1.29 is 9.53 Å². The standard InChI is InChI=1S/C16H23N5O2/c17-15(19-18)20-9-13-7-4-8-21(14(13)10-20)16(22)23-11-12-5-2-1-3-6-12/h1-3,5-6,13-14H,4,7-11,18H2,(H2,17,19)/t13-,14-/m0/s1. The molecule has 0 unspecified atom stereocenters. The van der Waals surface area contributed by atoms with Gasteiger partial charge in [-0.2, -0.15) is 0 Å². The zero-order chi connectivity index (χ0) is 16.2. The summed E-state index contributed by atoms with van der Waals surface area (Å²) in [7, 11) is 0. The Bertz CT molecular complexity index is 577. The molecular weight excluding hydrogens is 294 g/mol. The quantitative estimate of drug-likeness (QED) is 0.366. The van der Waals surface area contributed by atoms with Crippen LogP contribution in [0.2, 0.25) is 0 Å². The molecule has 2 heterocycles. The first kappa shape index (κ1) is 15.5. The Hall–Kier alpha value is -2.44. The number of nitrogens with zero attached hydrogens (tertiary/aromatic N) is 3. The van der Waals surface area contributed by atoms with E-state index in [9.17, 15) is 4.79 Å². The maximum absolute atomic E-state index is 12.5. The molecule has 0 aliphatic carbocycles. The molecule has 0 saturated carbocycles. The third kappa shape index (κ3) is 3.33. The lowest BCUT2D eigenvalue weighted by Gasteiger charge is -2.35. The number of fused-ring (bicyclic) bond motifs is 1. The van der Waals surface area contributed by atoms with Crippen molar-refractivity contribution in [2.24, 2.45) is 22.6 Å². The second-order valence-corrected chi connectivity index (χ2v) is 6.10. The van der Waals surface area contributed by atoms with Crippen molar-refractivity contribution in [3.63, 3.8) is 0 Å². The van der Waals surface area contributed by atoms with Gasteiger partial charge in [0, 0.05) is 19.6 Å². The number of hydrazone groups is 1. The number of carbonyl (C=O) groups excluding carboxylic acids is 1. The lowest BCUT2D eigenvalue weighted by atomic mass is 9.92. The van der Waals surface area contributed by atoms with Crippen LogP contribution in [0.3, 0.4) is 0 Å². The van der Waals surface area contributed by atoms with Crippen molar-refractivity contribution in [1.29, 1.82) is 0 Å². The van der Waals surface area contributed by atoms with Gasteiger partial charge in [-0.15, -0.1) is 5.10 Å². The lowest BCUT2D eigenvalue weighted by molar-refractivity contribution is 0.0610. The number of guanidine groups is 1. The van der Waals surface area contributed by atoms with E-state index in [0.717, 1.165) is 31.5 Å². The van der Waals surface area contributed by atoms with Gasteiger partial charge in [-0.1, -0.05) is 30.3 Å². The van der Waals surface area contributed by atoms with Gasteiger partial charge in [-0.25, -0.2) is 4.79 Å². The van der Waals surface area contributed by atoms with E-state index in [0.29, 0.717) is 25.0 Å². The molecule has 2 aliphatic rings. The SMILES string of the molecule is NN=C(N)N1C[C@@H]2CCCN(C(=O)OCc3ccccc3)[C@H]2C1. The number of benzene rings is 1. The maximum atomic E-state index is 12.5. The first-order valence-electron chi connectivity index (χ1n) is 7.94. The Labute approximate surface area is 135 Å². The minimum Gasteiger partial charge on any atom is -0.445 e. The average molecular weight is 317 g/mol. The van der Waals surface area contributed by atoms with Crippen LogP contribution in [-0.4, -0.2) is 47.5 Å². The molecule has 7 nitrogen and oxygen atoms in total. The first-order valence-corrected chi connectivity index (χ1v) is 7.94. The largest absolute Gasteiger partial charge is 0.445 e. The van der Waals surface area contributed by atoms with E-state index >= 15 is 0 Å². The number of carbonyl (C=O) groups is 1. The third-order valence-electron chi connectivity index (χ3n) is 4.68. The average Bonchev–Trinajstić information content (AvgIpc) is 3.04. The van der Waals surface area contributed by atoms with Gasteiger partial charge in [0.2, 0.25) is 5.96 Å². The van der Waals surface area contributed by atoms with E-state index in [2.05, 4.69) is 5.10 Å². The molecule has 23 heavy (non-hydrogen) atoms. The van der Waals surface area contributed by atoms with Crippen LogP contribution < -0.4 is 11.6 Å². The second-order valence-electron chi connectivity index (χ2n) is 6.10. The molecular formula is C16H23N5O2. The molecule has 0 aromatic heterocycles. The van der Waals surface area contributed by atoms with Gasteiger partial charge < -0.3 is 26.1 Å². The van der Waals surface area contributed by atoms with Gasteiger partial charge in [-0.05, 0) is 24.3 Å². The normalized spacial score (nSPS) is 24.4. The van der Waals surface area contributed by atoms with E-state index in [-0.39, 0.29) is 12.1 Å². The molecule has 124 valence electrons. The Morgan fingerprint density at radius 3 is 2.83 bits per heavy atom. The molecule has 1 aromatic rings. The van der Waals surface area contributed by atoms with Crippen LogP contribution in [0.5, 0.6) is 0 Å². The third-order valence-corrected chi connectivity index (χ3v) is 4.68. The summed E-state index contributed by atoms with van der Waals surface area (Å²) in [4.78, 5) is 16.2. The summed E-state index contributed by atoms with van der Waals surface area (Å²) in [6.07, 6.45) is 1.81. The van der Waals surface area contributed by atoms with Gasteiger partial charge in [0.15, 0.2) is 0 Å². The summed E-state index contributed by atoms with van der Waals surface area (Å²) in [6, 6.07) is 9.82. The minimum atomic E-state index is -0.256. The van der Waals surface area contributed by atoms with Crippen molar-refractivity contribution >= 4 is 12.1 Å². The van der Waals surface area contributed by atoms with Crippen LogP contribution >= 0.6 is 0 Å². The van der Waals surface area contributed by atoms with Crippen LogP contribution in [0.1, 0.15) is 18.4 Å². The Morgan fingerprint density at radius 2 is 2.09 bits per heavy atom. The summed E-state index contributed by atoms with van der Waals surface area (Å²) in [5.41, 5.74) is 6.79. The van der Waals surface area contributed by atoms with Gasteiger partial charge in [0.05, 0.1) is 6.04 Å². The topological polar surface area (TPSA) is 97.2 Å². The fraction of sp³-hybridized carbons (Fsp3) is 0.500. The lowest BCUT2D eigenvalue weighted by Crippen LogP contribution is -2.49. The van der Waals surface area contributed by atoms with Crippen LogP contribution in [0.15, 0.2) is 35.4 Å². The van der Waals surface area contributed by atoms with E-state index in [4.69, 9.17) is 16.3 Å². The smallest absolute Gasteiger partial charge is 0.410 e. The Balaban J connectivity index is 1.61. The van der Waals surface area contributed by atoms with Gasteiger partial charge in [-0.3, -0.25) is 0 Å². The fourth-order valence-corrected chi connectivity index (χ4v) is 3.48. The molecule has 2 atom stereocenters. The van der Waals surface area contributed by atoms with Crippen LogP contribution in [0.25, 0.3) is 0 Å². The van der Waals surface area contributed by atoms with Gasteiger partial charge >= 0.3 is 6.09 Å². The number of ether oxygens (including phenoxy) is 1. The van der Waals surface area contributed by atoms with E-state index in [1.165, 1.54) is 0 Å². The highest BCUT2D eigenvalue weighted by Crippen LogP contribution is 2.31. The summed E-state index contributed by atoms with van der Waals surface area (Å²) in [5.74, 6) is 5.99. The molecule has 1 amide bonds. The van der Waals surface area contributed by atoms with Crippen molar-refractivity contribution in [2.75, 3.05) is 19.6 Å². The van der Waals surface area contributed by atoms with E-state index < -0.39 is 0 Å². The Morgan fingerprint density at radius 1 is 1.30 bits per heavy atom. The van der Waals surface area contributed by atoms with E-state index in [1.54, 1.807) is 0 Å². The molecule has 4 N–H and O–H groups in total. The number of rotatable bonds is 2. The Kier molecular flexibility index (Phi) is 4.55. The number of nitrogens with two attached hydrogens (primary N) is 2. The number of hydrogen-bond acceptors (Lipinski definition) is 4. The molecule has 0 radical (unpaired) electrons. The monoisotopic (exact) mass is 317 g/mol. The summed E-state index contributed by atoms with van der Waals surface area (Å²) in [5, 5.41) is 3.56. The molecule has 2 saturated heterocycles. The highest BCUT2D eigenvalue weighted by atomic mass is 16.6. The van der Waals surface area contributed by atoms with Crippen molar-refractivity contribution in [2.45, 2.75) is 25.5 Å². The molecule has 7 heteroatoms. The van der Waals surface area contributed by atoms with Crippen molar-refractivity contribution in [3.05, 3.63) is 35.9 Å². The summed E-state index contributed by atoms with van der Waals surface area (Å²) in [6.45, 7) is 2.48. The zero-order valence-electron chi connectivity index (χ0n) is 13.1. The predicted molar refractivity (Wildman–Crippen MR) is 87.2 cm³/mol. The minimum absolute atomic E-state index is 0.118. The van der Waals surface area contributed by atoms with Gasteiger partial charge in [0.1, 0.15) is 6.61 Å². The summed E-state index contributed by atoms with van der Waals surface area (Å²) >= 11 is 0. The highest BCUT2D eigenvalue weighted by molar-refractivity contribution is 5.78. The van der Waals surface area contributed by atoms with Crippen LogP contribution in [-0.2, 0) is 11.3 Å². The molecule has 0 bridgehead atoms. The fourth-order valence-electron chi connectivity index (χ4n) is 3.48. The second kappa shape index (κ2) is 6.76. The van der Waals surface area contributed by atoms with Crippen LogP contribution in [0, 0.1) is 5.92 Å². The highest BCUT2D eigenvalue weighted by Gasteiger charge is 2.42. The zero-order valence-corrected chi connectivity index (χ0v) is 13.1. The number of amides is 1. The molecule has 0 spiro atoms. The van der Waals surface area contributed by atoms with Crippen molar-refractivity contribution in [1.82, 2.24) is 9.80 Å². The molecule has 1 aromatic carbocycles. The molecule has 2 aliphatic heterocycles. The maximum Gasteiger partial charge on any atom is 0.410 e. The molecule has 3 rings (SSSR count). The first-order chi connectivity index (χ1) is 11.2. The predicted octanol–water partition coefficient (Wildman–Crippen LogP) is 0.908. The van der Waals surface area contributed by atoms with Crippen molar-refractivity contribution in [3.8, 4) is 0 Å². The summed E-state index contributed by atoms with van der Waals surface area (Å²) < 4.78 is 5.48.